The smallest absolute Gasteiger partial charge is 0.267 e. The van der Waals surface area contributed by atoms with Gasteiger partial charge in [-0.3, -0.25) is 9.36 Å². The molecule has 0 aliphatic heterocycles. The second-order valence-electron chi connectivity index (χ2n) is 3.39. The minimum atomic E-state index is -0.00614. The summed E-state index contributed by atoms with van der Waals surface area (Å²) in [5, 5.41) is 0. The molecule has 0 aromatic carbocycles. The fourth-order valence-electron chi connectivity index (χ4n) is 1.26. The Morgan fingerprint density at radius 2 is 2.20 bits per heavy atom. The Bertz CT molecular complexity index is 378. The molecular formula is C10H14BrClN2O. The third-order valence-corrected chi connectivity index (χ3v) is 3.37. The van der Waals surface area contributed by atoms with Crippen LogP contribution in [0.5, 0.6) is 0 Å². The average Bonchev–Trinajstić information content (AvgIpc) is 2.24. The molecule has 5 heteroatoms. The van der Waals surface area contributed by atoms with Crippen LogP contribution in [0.1, 0.15) is 25.0 Å². The molecule has 3 nitrogen and oxygen atoms in total. The zero-order valence-corrected chi connectivity index (χ0v) is 11.0. The highest BCUT2D eigenvalue weighted by atomic mass is 79.9. The van der Waals surface area contributed by atoms with Crippen LogP contribution >= 0.6 is 27.5 Å². The van der Waals surface area contributed by atoms with Crippen molar-refractivity contribution in [3.05, 3.63) is 26.8 Å². The van der Waals surface area contributed by atoms with Gasteiger partial charge in [-0.2, -0.15) is 0 Å². The molecule has 0 amide bonds. The highest BCUT2D eigenvalue weighted by Gasteiger charge is 2.04. The Balaban J connectivity index is 2.63. The molecule has 0 aliphatic carbocycles. The van der Waals surface area contributed by atoms with Gasteiger partial charge in [0.25, 0.3) is 5.56 Å². The molecule has 1 aromatic heterocycles. The first-order chi connectivity index (χ1) is 7.16. The summed E-state index contributed by atoms with van der Waals surface area (Å²) in [6, 6.07) is 0. The SMILES string of the molecule is Cc1ncn(CCCCCCl)c(=O)c1Br. The van der Waals surface area contributed by atoms with Gasteiger partial charge >= 0.3 is 0 Å². The summed E-state index contributed by atoms with van der Waals surface area (Å²) in [4.78, 5) is 15.8. The molecule has 0 N–H and O–H groups in total. The van der Waals surface area contributed by atoms with Crippen molar-refractivity contribution in [2.45, 2.75) is 32.7 Å². The van der Waals surface area contributed by atoms with E-state index >= 15 is 0 Å². The van der Waals surface area contributed by atoms with E-state index in [1.54, 1.807) is 10.9 Å². The quantitative estimate of drug-likeness (QED) is 0.618. The molecule has 1 heterocycles. The Morgan fingerprint density at radius 3 is 2.87 bits per heavy atom. The Labute approximate surface area is 103 Å². The van der Waals surface area contributed by atoms with Crippen LogP contribution in [0, 0.1) is 6.92 Å². The van der Waals surface area contributed by atoms with Gasteiger partial charge in [0.15, 0.2) is 0 Å². The van der Waals surface area contributed by atoms with E-state index in [1.165, 1.54) is 0 Å². The van der Waals surface area contributed by atoms with Crippen LogP contribution in [-0.4, -0.2) is 15.4 Å². The molecule has 1 rings (SSSR count). The van der Waals surface area contributed by atoms with Crippen LogP contribution in [0.2, 0.25) is 0 Å². The lowest BCUT2D eigenvalue weighted by Crippen LogP contribution is -2.22. The predicted octanol–water partition coefficient (Wildman–Crippen LogP) is 2.72. The monoisotopic (exact) mass is 292 g/mol. The number of nitrogens with zero attached hydrogens (tertiary/aromatic N) is 2. The van der Waals surface area contributed by atoms with Crippen molar-refractivity contribution in [2.75, 3.05) is 5.88 Å². The van der Waals surface area contributed by atoms with Crippen molar-refractivity contribution in [2.24, 2.45) is 0 Å². The Morgan fingerprint density at radius 1 is 1.47 bits per heavy atom. The number of halogens is 2. The van der Waals surface area contributed by atoms with Crippen molar-refractivity contribution in [3.8, 4) is 0 Å². The van der Waals surface area contributed by atoms with Crippen LogP contribution in [-0.2, 0) is 6.54 Å². The number of hydrogen-bond acceptors (Lipinski definition) is 2. The lowest BCUT2D eigenvalue weighted by atomic mass is 10.2. The number of aromatic nitrogens is 2. The van der Waals surface area contributed by atoms with Gasteiger partial charge in [0.1, 0.15) is 4.47 Å². The van der Waals surface area contributed by atoms with Gasteiger partial charge in [-0.15, -0.1) is 11.6 Å². The fraction of sp³-hybridized carbons (Fsp3) is 0.600. The molecule has 0 fully saturated rings. The summed E-state index contributed by atoms with van der Waals surface area (Å²) in [6.45, 7) is 2.52. The summed E-state index contributed by atoms with van der Waals surface area (Å²) in [7, 11) is 0. The van der Waals surface area contributed by atoms with E-state index in [1.807, 2.05) is 6.92 Å². The largest absolute Gasteiger partial charge is 0.298 e. The van der Waals surface area contributed by atoms with E-state index in [0.717, 1.165) is 25.0 Å². The third-order valence-electron chi connectivity index (χ3n) is 2.19. The number of rotatable bonds is 5. The molecule has 0 saturated heterocycles. The highest BCUT2D eigenvalue weighted by molar-refractivity contribution is 9.10. The summed E-state index contributed by atoms with van der Waals surface area (Å²) in [5.74, 6) is 0.685. The van der Waals surface area contributed by atoms with Gasteiger partial charge in [0, 0.05) is 12.4 Å². The van der Waals surface area contributed by atoms with Crippen LogP contribution in [0.25, 0.3) is 0 Å². The van der Waals surface area contributed by atoms with Crippen molar-refractivity contribution >= 4 is 27.5 Å². The second-order valence-corrected chi connectivity index (χ2v) is 4.56. The summed E-state index contributed by atoms with van der Waals surface area (Å²) < 4.78 is 2.19. The van der Waals surface area contributed by atoms with Crippen molar-refractivity contribution in [3.63, 3.8) is 0 Å². The minimum Gasteiger partial charge on any atom is -0.298 e. The van der Waals surface area contributed by atoms with Crippen LogP contribution in [0.4, 0.5) is 0 Å². The van der Waals surface area contributed by atoms with Gasteiger partial charge in [-0.1, -0.05) is 6.42 Å². The first-order valence-electron chi connectivity index (χ1n) is 4.94. The minimum absolute atomic E-state index is 0.00614. The van der Waals surface area contributed by atoms with Gasteiger partial charge in [0.05, 0.1) is 12.0 Å². The number of hydrogen-bond donors (Lipinski definition) is 0. The molecule has 0 atom stereocenters. The Hall–Kier alpha value is -0.350. The molecule has 1 aromatic rings. The predicted molar refractivity (Wildman–Crippen MR) is 65.5 cm³/mol. The zero-order chi connectivity index (χ0) is 11.3. The van der Waals surface area contributed by atoms with Gasteiger partial charge < -0.3 is 0 Å². The molecule has 0 spiro atoms. The van der Waals surface area contributed by atoms with Crippen LogP contribution in [0.15, 0.2) is 15.6 Å². The summed E-state index contributed by atoms with van der Waals surface area (Å²) >= 11 is 8.81. The van der Waals surface area contributed by atoms with Crippen LogP contribution in [0.3, 0.4) is 0 Å². The van der Waals surface area contributed by atoms with Gasteiger partial charge in [-0.05, 0) is 35.7 Å². The van der Waals surface area contributed by atoms with E-state index in [-0.39, 0.29) is 5.56 Å². The number of unbranched alkanes of at least 4 members (excludes halogenated alkanes) is 2. The lowest BCUT2D eigenvalue weighted by Gasteiger charge is -2.06. The number of aryl methyl sites for hydroxylation is 2. The normalized spacial score (nSPS) is 10.6. The van der Waals surface area contributed by atoms with E-state index in [2.05, 4.69) is 20.9 Å². The van der Waals surface area contributed by atoms with E-state index < -0.39 is 0 Å². The van der Waals surface area contributed by atoms with E-state index in [4.69, 9.17) is 11.6 Å². The molecule has 0 radical (unpaired) electrons. The van der Waals surface area contributed by atoms with E-state index in [9.17, 15) is 4.79 Å². The van der Waals surface area contributed by atoms with Gasteiger partial charge in [0.2, 0.25) is 0 Å². The van der Waals surface area contributed by atoms with Crippen LogP contribution < -0.4 is 5.56 Å². The molecule has 0 bridgehead atoms. The van der Waals surface area contributed by atoms with Gasteiger partial charge in [-0.25, -0.2) is 4.98 Å². The standard InChI is InChI=1S/C10H14BrClN2O/c1-8-9(11)10(15)14(7-13-8)6-4-2-3-5-12/h7H,2-6H2,1H3. The average molecular weight is 294 g/mol. The second kappa shape index (κ2) is 6.28. The third kappa shape index (κ3) is 3.61. The molecule has 0 saturated carbocycles. The topological polar surface area (TPSA) is 34.9 Å². The highest BCUT2D eigenvalue weighted by Crippen LogP contribution is 2.07. The first kappa shape index (κ1) is 12.7. The maximum atomic E-state index is 11.7. The number of alkyl halides is 1. The van der Waals surface area contributed by atoms with E-state index in [0.29, 0.717) is 16.9 Å². The maximum absolute atomic E-state index is 11.7. The molecule has 84 valence electrons. The summed E-state index contributed by atoms with van der Waals surface area (Å²) in [6.07, 6.45) is 4.60. The molecule has 15 heavy (non-hydrogen) atoms. The zero-order valence-electron chi connectivity index (χ0n) is 8.67. The molecule has 0 aliphatic rings. The van der Waals surface area contributed by atoms with Crippen molar-refractivity contribution in [1.82, 2.24) is 9.55 Å². The van der Waals surface area contributed by atoms with Crippen molar-refractivity contribution in [1.29, 1.82) is 0 Å². The van der Waals surface area contributed by atoms with Crippen molar-refractivity contribution < 1.29 is 0 Å². The maximum Gasteiger partial charge on any atom is 0.267 e. The Kier molecular flexibility index (Phi) is 5.32. The fourth-order valence-corrected chi connectivity index (χ4v) is 1.78. The summed E-state index contributed by atoms with van der Waals surface area (Å²) in [5.41, 5.74) is 0.727. The lowest BCUT2D eigenvalue weighted by molar-refractivity contribution is 0.577. The molecule has 0 unspecified atom stereocenters. The molecular weight excluding hydrogens is 279 g/mol. The first-order valence-corrected chi connectivity index (χ1v) is 6.27.